The average Bonchev–Trinajstić information content (AvgIpc) is 2.91. The van der Waals surface area contributed by atoms with Crippen molar-refractivity contribution in [2.75, 3.05) is 0 Å². The second kappa shape index (κ2) is 6.33. The molecule has 0 aliphatic rings. The Hall–Kier alpha value is -1.88. The molecule has 2 rings (SSSR count). The van der Waals surface area contributed by atoms with E-state index in [0.29, 0.717) is 6.54 Å². The fourth-order valence-corrected chi connectivity index (χ4v) is 1.70. The Bertz CT molecular complexity index is 483. The monoisotopic (exact) mass is 267 g/mol. The smallest absolute Gasteiger partial charge is 0.387 e. The molecule has 0 aliphatic carbocycles. The molecule has 5 heteroatoms. The van der Waals surface area contributed by atoms with Crippen molar-refractivity contribution < 1.29 is 17.9 Å². The number of halogens is 2. The van der Waals surface area contributed by atoms with Crippen LogP contribution in [-0.4, -0.2) is 6.61 Å². The summed E-state index contributed by atoms with van der Waals surface area (Å²) in [6.07, 6.45) is 1.63. The lowest BCUT2D eigenvalue weighted by atomic mass is 10.2. The van der Waals surface area contributed by atoms with Crippen LogP contribution in [-0.2, 0) is 6.54 Å². The predicted molar refractivity (Wildman–Crippen MR) is 67.0 cm³/mol. The van der Waals surface area contributed by atoms with E-state index in [1.165, 1.54) is 12.1 Å². The zero-order valence-electron chi connectivity index (χ0n) is 10.5. The summed E-state index contributed by atoms with van der Waals surface area (Å²) >= 11 is 0. The third-order valence-corrected chi connectivity index (χ3v) is 2.73. The first kappa shape index (κ1) is 13.5. The van der Waals surface area contributed by atoms with Gasteiger partial charge in [0.1, 0.15) is 11.5 Å². The highest BCUT2D eigenvalue weighted by Crippen LogP contribution is 2.16. The fourth-order valence-electron chi connectivity index (χ4n) is 1.70. The second-order valence-corrected chi connectivity index (χ2v) is 4.14. The maximum Gasteiger partial charge on any atom is 0.387 e. The van der Waals surface area contributed by atoms with Crippen LogP contribution >= 0.6 is 0 Å². The van der Waals surface area contributed by atoms with Gasteiger partial charge in [0.25, 0.3) is 0 Å². The van der Waals surface area contributed by atoms with Crippen LogP contribution in [0.25, 0.3) is 0 Å². The normalized spacial score (nSPS) is 12.6. The number of hydrogen-bond acceptors (Lipinski definition) is 3. The molecule has 102 valence electrons. The number of hydrogen-bond donors (Lipinski definition) is 1. The molecule has 0 bridgehead atoms. The van der Waals surface area contributed by atoms with Crippen molar-refractivity contribution >= 4 is 0 Å². The van der Waals surface area contributed by atoms with Gasteiger partial charge in [-0.1, -0.05) is 12.1 Å². The van der Waals surface area contributed by atoms with Crippen molar-refractivity contribution in [1.29, 1.82) is 0 Å². The molecule has 0 spiro atoms. The van der Waals surface area contributed by atoms with E-state index in [0.717, 1.165) is 11.3 Å². The molecule has 0 unspecified atom stereocenters. The number of rotatable bonds is 6. The van der Waals surface area contributed by atoms with Crippen molar-refractivity contribution in [3.05, 3.63) is 54.0 Å². The number of benzene rings is 1. The van der Waals surface area contributed by atoms with Gasteiger partial charge in [0.2, 0.25) is 0 Å². The van der Waals surface area contributed by atoms with E-state index < -0.39 is 6.61 Å². The SMILES string of the molecule is C[C@@H](NCc1ccc(OC(F)F)cc1)c1ccco1. The minimum Gasteiger partial charge on any atom is -0.468 e. The first-order valence-corrected chi connectivity index (χ1v) is 5.95. The summed E-state index contributed by atoms with van der Waals surface area (Å²) in [6, 6.07) is 10.4. The Labute approximate surface area is 110 Å². The number of ether oxygens (including phenoxy) is 1. The van der Waals surface area contributed by atoms with Gasteiger partial charge in [-0.05, 0) is 36.8 Å². The van der Waals surface area contributed by atoms with Crippen molar-refractivity contribution in [2.45, 2.75) is 26.1 Å². The highest BCUT2D eigenvalue weighted by Gasteiger charge is 2.07. The van der Waals surface area contributed by atoms with Crippen molar-refractivity contribution in [3.8, 4) is 5.75 Å². The lowest BCUT2D eigenvalue weighted by Gasteiger charge is -2.11. The van der Waals surface area contributed by atoms with Gasteiger partial charge in [0.15, 0.2) is 0 Å². The zero-order valence-corrected chi connectivity index (χ0v) is 10.5. The Balaban J connectivity index is 1.86. The molecule has 3 nitrogen and oxygen atoms in total. The van der Waals surface area contributed by atoms with E-state index in [1.807, 2.05) is 19.1 Å². The van der Waals surface area contributed by atoms with E-state index in [-0.39, 0.29) is 11.8 Å². The number of nitrogens with one attached hydrogen (secondary N) is 1. The molecule has 2 aromatic rings. The lowest BCUT2D eigenvalue weighted by molar-refractivity contribution is -0.0498. The summed E-state index contributed by atoms with van der Waals surface area (Å²) in [5.74, 6) is 1.02. The van der Waals surface area contributed by atoms with Crippen LogP contribution in [0.2, 0.25) is 0 Å². The van der Waals surface area contributed by atoms with E-state index in [4.69, 9.17) is 4.42 Å². The lowest BCUT2D eigenvalue weighted by Crippen LogP contribution is -2.17. The number of furan rings is 1. The highest BCUT2D eigenvalue weighted by molar-refractivity contribution is 5.27. The minimum absolute atomic E-state index is 0.0898. The van der Waals surface area contributed by atoms with Gasteiger partial charge < -0.3 is 14.5 Å². The summed E-state index contributed by atoms with van der Waals surface area (Å²) in [7, 11) is 0. The summed E-state index contributed by atoms with van der Waals surface area (Å²) < 4.78 is 33.5. The summed E-state index contributed by atoms with van der Waals surface area (Å²) in [5, 5.41) is 3.28. The molecule has 1 N–H and O–H groups in total. The number of alkyl halides is 2. The third kappa shape index (κ3) is 4.06. The summed E-state index contributed by atoms with van der Waals surface area (Å²) in [4.78, 5) is 0. The molecule has 0 saturated carbocycles. The topological polar surface area (TPSA) is 34.4 Å². The van der Waals surface area contributed by atoms with Gasteiger partial charge in [-0.2, -0.15) is 8.78 Å². The zero-order chi connectivity index (χ0) is 13.7. The van der Waals surface area contributed by atoms with Crippen LogP contribution in [0.5, 0.6) is 5.75 Å². The third-order valence-electron chi connectivity index (χ3n) is 2.73. The highest BCUT2D eigenvalue weighted by atomic mass is 19.3. The minimum atomic E-state index is -2.79. The van der Waals surface area contributed by atoms with Crippen LogP contribution in [0.3, 0.4) is 0 Å². The van der Waals surface area contributed by atoms with Gasteiger partial charge in [0, 0.05) is 6.54 Å². The van der Waals surface area contributed by atoms with Gasteiger partial charge in [-0.25, -0.2) is 0 Å². The Morgan fingerprint density at radius 3 is 2.53 bits per heavy atom. The average molecular weight is 267 g/mol. The van der Waals surface area contributed by atoms with Crippen LogP contribution in [0.1, 0.15) is 24.3 Å². The Morgan fingerprint density at radius 1 is 1.21 bits per heavy atom. The molecule has 1 atom stereocenters. The van der Waals surface area contributed by atoms with Crippen molar-refractivity contribution in [1.82, 2.24) is 5.32 Å². The predicted octanol–water partition coefficient (Wildman–Crippen LogP) is 3.73. The molecular formula is C14H15F2NO2. The van der Waals surface area contributed by atoms with E-state index in [2.05, 4.69) is 10.1 Å². The van der Waals surface area contributed by atoms with Gasteiger partial charge >= 0.3 is 6.61 Å². The molecule has 0 saturated heterocycles. The van der Waals surface area contributed by atoms with Gasteiger partial charge in [-0.3, -0.25) is 0 Å². The maximum absolute atomic E-state index is 12.0. The molecule has 1 aromatic heterocycles. The fraction of sp³-hybridized carbons (Fsp3) is 0.286. The molecule has 1 aromatic carbocycles. The molecule has 19 heavy (non-hydrogen) atoms. The van der Waals surface area contributed by atoms with Crippen LogP contribution in [0.4, 0.5) is 8.78 Å². The molecule has 1 heterocycles. The first-order valence-electron chi connectivity index (χ1n) is 5.95. The molecule has 0 aliphatic heterocycles. The van der Waals surface area contributed by atoms with Gasteiger partial charge in [0.05, 0.1) is 12.3 Å². The van der Waals surface area contributed by atoms with Crippen LogP contribution in [0.15, 0.2) is 47.1 Å². The maximum atomic E-state index is 12.0. The standard InChI is InChI=1S/C14H15F2NO2/c1-10(13-3-2-8-18-13)17-9-11-4-6-12(7-5-11)19-14(15)16/h2-8,10,14,17H,9H2,1H3/t10-/m1/s1. The largest absolute Gasteiger partial charge is 0.468 e. The summed E-state index contributed by atoms with van der Waals surface area (Å²) in [6.45, 7) is -0.174. The molecular weight excluding hydrogens is 252 g/mol. The van der Waals surface area contributed by atoms with E-state index in [1.54, 1.807) is 18.4 Å². The first-order chi connectivity index (χ1) is 9.15. The van der Waals surface area contributed by atoms with E-state index >= 15 is 0 Å². The summed E-state index contributed by atoms with van der Waals surface area (Å²) in [5.41, 5.74) is 0.986. The van der Waals surface area contributed by atoms with Crippen molar-refractivity contribution in [2.24, 2.45) is 0 Å². The molecule has 0 radical (unpaired) electrons. The van der Waals surface area contributed by atoms with Crippen LogP contribution in [0, 0.1) is 0 Å². The van der Waals surface area contributed by atoms with Gasteiger partial charge in [-0.15, -0.1) is 0 Å². The second-order valence-electron chi connectivity index (χ2n) is 4.14. The van der Waals surface area contributed by atoms with Crippen LogP contribution < -0.4 is 10.1 Å². The van der Waals surface area contributed by atoms with Crippen molar-refractivity contribution in [3.63, 3.8) is 0 Å². The van der Waals surface area contributed by atoms with E-state index in [9.17, 15) is 8.78 Å². The molecule has 0 fully saturated rings. The molecule has 0 amide bonds. The Morgan fingerprint density at radius 2 is 1.95 bits per heavy atom. The Kier molecular flexibility index (Phi) is 4.52. The quantitative estimate of drug-likeness (QED) is 0.866.